The SMILES string of the molecule is CCCNc1ncnc(Nc2ccc(I)cc2)c1[N+](=O)[O-]. The molecule has 0 fully saturated rings. The van der Waals surface area contributed by atoms with Gasteiger partial charge in [0.1, 0.15) is 6.33 Å². The third kappa shape index (κ3) is 4.00. The van der Waals surface area contributed by atoms with E-state index in [1.807, 2.05) is 31.2 Å². The number of rotatable bonds is 6. The lowest BCUT2D eigenvalue weighted by Crippen LogP contribution is -2.08. The molecule has 0 radical (unpaired) electrons. The van der Waals surface area contributed by atoms with E-state index in [4.69, 9.17) is 0 Å². The monoisotopic (exact) mass is 399 g/mol. The van der Waals surface area contributed by atoms with E-state index in [0.29, 0.717) is 6.54 Å². The van der Waals surface area contributed by atoms with Gasteiger partial charge in [-0.15, -0.1) is 0 Å². The van der Waals surface area contributed by atoms with E-state index in [1.54, 1.807) is 0 Å². The van der Waals surface area contributed by atoms with Crippen molar-refractivity contribution in [3.8, 4) is 0 Å². The fraction of sp³-hybridized carbons (Fsp3) is 0.231. The molecule has 0 aliphatic rings. The van der Waals surface area contributed by atoms with Crippen molar-refractivity contribution in [3.05, 3.63) is 44.3 Å². The molecule has 2 rings (SSSR count). The highest BCUT2D eigenvalue weighted by molar-refractivity contribution is 14.1. The molecule has 0 atom stereocenters. The maximum atomic E-state index is 11.3. The van der Waals surface area contributed by atoms with Crippen molar-refractivity contribution in [2.45, 2.75) is 13.3 Å². The number of nitro groups is 1. The molecule has 7 nitrogen and oxygen atoms in total. The Hall–Kier alpha value is -1.97. The Bertz CT molecular complexity index is 633. The normalized spacial score (nSPS) is 10.2. The molecule has 8 heteroatoms. The zero-order valence-corrected chi connectivity index (χ0v) is 13.5. The highest BCUT2D eigenvalue weighted by Gasteiger charge is 2.22. The van der Waals surface area contributed by atoms with Crippen molar-refractivity contribution < 1.29 is 4.92 Å². The summed E-state index contributed by atoms with van der Waals surface area (Å²) in [7, 11) is 0. The van der Waals surface area contributed by atoms with Crippen LogP contribution in [-0.2, 0) is 0 Å². The first-order valence-corrected chi connectivity index (χ1v) is 7.45. The topological polar surface area (TPSA) is 93.0 Å². The zero-order chi connectivity index (χ0) is 15.2. The van der Waals surface area contributed by atoms with E-state index in [-0.39, 0.29) is 17.3 Å². The molecule has 1 heterocycles. The number of hydrogen-bond donors (Lipinski definition) is 2. The van der Waals surface area contributed by atoms with Gasteiger partial charge < -0.3 is 10.6 Å². The molecule has 0 aliphatic heterocycles. The quantitative estimate of drug-likeness (QED) is 0.439. The lowest BCUT2D eigenvalue weighted by molar-refractivity contribution is -0.383. The van der Waals surface area contributed by atoms with Crippen LogP contribution in [0.3, 0.4) is 0 Å². The number of nitrogens with one attached hydrogen (secondary N) is 2. The first kappa shape index (κ1) is 15.4. The van der Waals surface area contributed by atoms with Crippen molar-refractivity contribution in [2.75, 3.05) is 17.2 Å². The van der Waals surface area contributed by atoms with Crippen LogP contribution in [-0.4, -0.2) is 21.4 Å². The van der Waals surface area contributed by atoms with Gasteiger partial charge in [0.05, 0.1) is 4.92 Å². The molecule has 0 unspecified atom stereocenters. The molecule has 0 saturated carbocycles. The van der Waals surface area contributed by atoms with E-state index in [1.165, 1.54) is 6.33 Å². The Morgan fingerprint density at radius 1 is 1.24 bits per heavy atom. The molecule has 1 aromatic heterocycles. The molecule has 0 aliphatic carbocycles. The third-order valence-electron chi connectivity index (χ3n) is 2.65. The first-order valence-electron chi connectivity index (χ1n) is 6.37. The fourth-order valence-corrected chi connectivity index (χ4v) is 2.05. The molecule has 1 aromatic carbocycles. The smallest absolute Gasteiger partial charge is 0.353 e. The maximum absolute atomic E-state index is 11.3. The predicted octanol–water partition coefficient (Wildman–Crippen LogP) is 3.55. The minimum Gasteiger partial charge on any atom is -0.364 e. The molecule has 0 spiro atoms. The molecule has 2 aromatic rings. The highest BCUT2D eigenvalue weighted by Crippen LogP contribution is 2.31. The van der Waals surface area contributed by atoms with Gasteiger partial charge in [0, 0.05) is 15.8 Å². The molecule has 21 heavy (non-hydrogen) atoms. The van der Waals surface area contributed by atoms with Gasteiger partial charge in [-0.1, -0.05) is 6.92 Å². The summed E-state index contributed by atoms with van der Waals surface area (Å²) >= 11 is 2.19. The van der Waals surface area contributed by atoms with E-state index in [9.17, 15) is 10.1 Å². The van der Waals surface area contributed by atoms with E-state index in [0.717, 1.165) is 15.7 Å². The Labute approximate surface area is 135 Å². The number of anilines is 3. The number of nitrogens with zero attached hydrogens (tertiary/aromatic N) is 3. The van der Waals surface area contributed by atoms with Gasteiger partial charge in [-0.2, -0.15) is 0 Å². The minimum absolute atomic E-state index is 0.149. The summed E-state index contributed by atoms with van der Waals surface area (Å²) in [5, 5.41) is 17.2. The second-order valence-corrected chi connectivity index (χ2v) is 5.48. The summed E-state index contributed by atoms with van der Waals surface area (Å²) in [6.45, 7) is 2.59. The van der Waals surface area contributed by atoms with E-state index < -0.39 is 4.92 Å². The van der Waals surface area contributed by atoms with Crippen LogP contribution in [0.5, 0.6) is 0 Å². The number of halogens is 1. The summed E-state index contributed by atoms with van der Waals surface area (Å²) in [6.07, 6.45) is 2.15. The van der Waals surface area contributed by atoms with Crippen LogP contribution < -0.4 is 10.6 Å². The summed E-state index contributed by atoms with van der Waals surface area (Å²) in [6, 6.07) is 7.50. The van der Waals surface area contributed by atoms with Crippen LogP contribution in [0.1, 0.15) is 13.3 Å². The van der Waals surface area contributed by atoms with Gasteiger partial charge in [0.15, 0.2) is 0 Å². The molecule has 110 valence electrons. The minimum atomic E-state index is -0.479. The Morgan fingerprint density at radius 2 is 1.90 bits per heavy atom. The van der Waals surface area contributed by atoms with Gasteiger partial charge in [-0.05, 0) is 53.3 Å². The van der Waals surface area contributed by atoms with Crippen molar-refractivity contribution in [1.29, 1.82) is 0 Å². The van der Waals surface area contributed by atoms with Crippen molar-refractivity contribution in [3.63, 3.8) is 0 Å². The summed E-state index contributed by atoms with van der Waals surface area (Å²) < 4.78 is 1.08. The first-order chi connectivity index (χ1) is 10.1. The van der Waals surface area contributed by atoms with Gasteiger partial charge in [0.2, 0.25) is 11.6 Å². The average molecular weight is 399 g/mol. The predicted molar refractivity (Wildman–Crippen MR) is 89.9 cm³/mol. The van der Waals surface area contributed by atoms with Gasteiger partial charge >= 0.3 is 5.69 Å². The lowest BCUT2D eigenvalue weighted by Gasteiger charge is -2.09. The second kappa shape index (κ2) is 7.16. The second-order valence-electron chi connectivity index (χ2n) is 4.24. The van der Waals surface area contributed by atoms with Crippen molar-refractivity contribution >= 4 is 45.6 Å². The van der Waals surface area contributed by atoms with Gasteiger partial charge in [-0.25, -0.2) is 9.97 Å². The number of aromatic nitrogens is 2. The molecular weight excluding hydrogens is 385 g/mol. The standard InChI is InChI=1S/C13H14IN5O2/c1-2-7-15-12-11(19(20)21)13(17-8-16-12)18-10-5-3-9(14)4-6-10/h3-6,8H,2,7H2,1H3,(H2,15,16,17,18). The Morgan fingerprint density at radius 3 is 2.52 bits per heavy atom. The van der Waals surface area contributed by atoms with E-state index >= 15 is 0 Å². The van der Waals surface area contributed by atoms with Crippen LogP contribution in [0, 0.1) is 13.7 Å². The summed E-state index contributed by atoms with van der Waals surface area (Å²) in [5.74, 6) is 0.402. The largest absolute Gasteiger partial charge is 0.364 e. The fourth-order valence-electron chi connectivity index (χ4n) is 1.69. The van der Waals surface area contributed by atoms with Gasteiger partial charge in [0.25, 0.3) is 0 Å². The molecule has 0 saturated heterocycles. The lowest BCUT2D eigenvalue weighted by atomic mass is 10.3. The Balaban J connectivity index is 2.33. The average Bonchev–Trinajstić information content (AvgIpc) is 2.47. The molecular formula is C13H14IN5O2. The zero-order valence-electron chi connectivity index (χ0n) is 11.3. The number of benzene rings is 1. The van der Waals surface area contributed by atoms with Gasteiger partial charge in [-0.3, -0.25) is 10.1 Å². The van der Waals surface area contributed by atoms with Crippen LogP contribution >= 0.6 is 22.6 Å². The van der Waals surface area contributed by atoms with Crippen molar-refractivity contribution in [2.24, 2.45) is 0 Å². The van der Waals surface area contributed by atoms with Crippen LogP contribution in [0.15, 0.2) is 30.6 Å². The van der Waals surface area contributed by atoms with Crippen LogP contribution in [0.4, 0.5) is 23.0 Å². The van der Waals surface area contributed by atoms with Crippen LogP contribution in [0.25, 0.3) is 0 Å². The Kier molecular flexibility index (Phi) is 5.26. The molecule has 0 amide bonds. The van der Waals surface area contributed by atoms with Crippen LogP contribution in [0.2, 0.25) is 0 Å². The number of hydrogen-bond acceptors (Lipinski definition) is 6. The third-order valence-corrected chi connectivity index (χ3v) is 3.37. The summed E-state index contributed by atoms with van der Waals surface area (Å²) in [5.41, 5.74) is 0.586. The van der Waals surface area contributed by atoms with E-state index in [2.05, 4.69) is 43.2 Å². The van der Waals surface area contributed by atoms with Crippen molar-refractivity contribution in [1.82, 2.24) is 9.97 Å². The highest BCUT2D eigenvalue weighted by atomic mass is 127. The molecule has 0 bridgehead atoms. The summed E-state index contributed by atoms with van der Waals surface area (Å²) in [4.78, 5) is 18.7. The maximum Gasteiger partial charge on any atom is 0.353 e. The molecule has 2 N–H and O–H groups in total.